The zero-order chi connectivity index (χ0) is 17.9. The summed E-state index contributed by atoms with van der Waals surface area (Å²) in [4.78, 5) is 0. The molecule has 3 fully saturated rings. The highest BCUT2D eigenvalue weighted by molar-refractivity contribution is 6.81. The summed E-state index contributed by atoms with van der Waals surface area (Å²) in [5, 5.41) is 1.59. The summed E-state index contributed by atoms with van der Waals surface area (Å²) in [5.74, 6) is 2.65. The van der Waals surface area contributed by atoms with Crippen LogP contribution in [0.1, 0.15) is 77.0 Å². The van der Waals surface area contributed by atoms with Crippen molar-refractivity contribution in [3.63, 3.8) is 0 Å². The summed E-state index contributed by atoms with van der Waals surface area (Å²) in [7, 11) is -4.47. The van der Waals surface area contributed by atoms with Crippen LogP contribution in [0.3, 0.4) is 0 Å². The van der Waals surface area contributed by atoms with Crippen molar-refractivity contribution in [3.8, 4) is 0 Å². The molecule has 3 saturated carbocycles. The minimum Gasteiger partial charge on any atom is -0.260 e. The van der Waals surface area contributed by atoms with Crippen LogP contribution in [-0.2, 0) is 0 Å². The number of fused-ring (bicyclic) bond motifs is 6. The van der Waals surface area contributed by atoms with Crippen molar-refractivity contribution in [2.45, 2.75) is 77.0 Å². The molecular weight excluding hydrogens is 354 g/mol. The van der Waals surface area contributed by atoms with Crippen LogP contribution < -0.4 is 0 Å². The summed E-state index contributed by atoms with van der Waals surface area (Å²) < 4.78 is 33.1. The Kier molecular flexibility index (Phi) is 3.14. The van der Waals surface area contributed by atoms with Gasteiger partial charge < -0.3 is 0 Å². The molecule has 0 unspecified atom stereocenters. The molecule has 27 heavy (non-hydrogen) atoms. The second-order valence-corrected chi connectivity index (χ2v) is 12.9. The highest BCUT2D eigenvalue weighted by Gasteiger charge is 2.61. The van der Waals surface area contributed by atoms with Gasteiger partial charge in [-0.2, -0.15) is 0 Å². The van der Waals surface area contributed by atoms with Crippen LogP contribution in [0, 0.1) is 35.5 Å². The number of hydrogen-bond acceptors (Lipinski definition) is 0. The molecule has 9 aliphatic carbocycles. The number of rotatable bonds is 0. The first-order valence-corrected chi connectivity index (χ1v) is 13.5. The van der Waals surface area contributed by atoms with Gasteiger partial charge in [0.05, 0.1) is 0 Å². The van der Waals surface area contributed by atoms with E-state index in [1.807, 2.05) is 0 Å². The molecule has 0 aromatic rings. The third kappa shape index (κ3) is 1.89. The lowest BCUT2D eigenvalue weighted by atomic mass is 9.56. The Morgan fingerprint density at radius 1 is 0.407 bits per heavy atom. The van der Waals surface area contributed by atoms with Gasteiger partial charge in [-0.15, -0.1) is 0 Å². The van der Waals surface area contributed by atoms with Crippen molar-refractivity contribution >= 4 is 8.74 Å². The van der Waals surface area contributed by atoms with E-state index in [0.717, 1.165) is 36.1 Å². The molecule has 0 aromatic heterocycles. The second-order valence-electron chi connectivity index (χ2n) is 10.7. The second kappa shape index (κ2) is 5.26. The molecule has 144 valence electrons. The van der Waals surface area contributed by atoms with Gasteiger partial charge in [-0.1, -0.05) is 0 Å². The fraction of sp³-hybridized carbons (Fsp3) is 0.750. The number of halogens is 2. The van der Waals surface area contributed by atoms with Crippen LogP contribution in [0.25, 0.3) is 0 Å². The Morgan fingerprint density at radius 3 is 1.00 bits per heavy atom. The maximum atomic E-state index is 16.6. The molecule has 6 bridgehead atoms. The minimum absolute atomic E-state index is 0.230. The van der Waals surface area contributed by atoms with Crippen molar-refractivity contribution in [1.29, 1.82) is 0 Å². The molecule has 0 saturated heterocycles. The first-order valence-electron chi connectivity index (χ1n) is 11.8. The van der Waals surface area contributed by atoms with Crippen molar-refractivity contribution in [2.24, 2.45) is 35.5 Å². The average Bonchev–Trinajstić information content (AvgIpc) is 2.85. The molecule has 10 rings (SSSR count). The SMILES string of the molecule is F[Si]1(F)C2=C(C3=C(C4=C1C1CCC4CC1)C1CCC3CC1)C1CCC2CC1. The molecule has 0 atom stereocenters. The van der Waals surface area contributed by atoms with Gasteiger partial charge in [0.15, 0.2) is 0 Å². The highest BCUT2D eigenvalue weighted by atomic mass is 28.4. The van der Waals surface area contributed by atoms with E-state index in [2.05, 4.69) is 0 Å². The topological polar surface area (TPSA) is 0 Å². The van der Waals surface area contributed by atoms with E-state index in [9.17, 15) is 0 Å². The average molecular weight is 385 g/mol. The van der Waals surface area contributed by atoms with Gasteiger partial charge in [-0.05, 0) is 145 Å². The molecule has 0 aromatic carbocycles. The fourth-order valence-electron chi connectivity index (χ4n) is 8.79. The van der Waals surface area contributed by atoms with Crippen molar-refractivity contribution in [2.75, 3.05) is 0 Å². The molecule has 10 aliphatic rings. The summed E-state index contributed by atoms with van der Waals surface area (Å²) in [6.07, 6.45) is 14.1. The standard InChI is InChI=1S/C24H30F2Si/c25-27(26)23-17-9-5-15(6-10-17)21(23)19-13-1-2-14(4-3-13)20(19)22-16-7-11-18(12-8-16)24(22)27/h13-18H,1-12H2. The van der Waals surface area contributed by atoms with Gasteiger partial charge in [0.1, 0.15) is 0 Å². The van der Waals surface area contributed by atoms with Gasteiger partial charge in [-0.25, -0.2) is 0 Å². The van der Waals surface area contributed by atoms with Gasteiger partial charge in [0.2, 0.25) is 0 Å². The van der Waals surface area contributed by atoms with Crippen LogP contribution in [0.4, 0.5) is 8.22 Å². The highest BCUT2D eigenvalue weighted by Crippen LogP contribution is 2.65. The van der Waals surface area contributed by atoms with Crippen LogP contribution in [0.15, 0.2) is 32.7 Å². The van der Waals surface area contributed by atoms with Crippen LogP contribution >= 0.6 is 0 Å². The Hall–Kier alpha value is -0.703. The predicted molar refractivity (Wildman–Crippen MR) is 105 cm³/mol. The number of hydrogen-bond donors (Lipinski definition) is 0. The predicted octanol–water partition coefficient (Wildman–Crippen LogP) is 6.81. The van der Waals surface area contributed by atoms with Gasteiger partial charge >= 0.3 is 8.74 Å². The Labute approximate surface area is 162 Å². The third-order valence-corrected chi connectivity index (χ3v) is 12.5. The Morgan fingerprint density at radius 2 is 0.667 bits per heavy atom. The number of allylic oxidation sites excluding steroid dienone is 6. The third-order valence-electron chi connectivity index (χ3n) is 9.76. The molecule has 1 heterocycles. The summed E-state index contributed by atoms with van der Waals surface area (Å²) >= 11 is 0. The van der Waals surface area contributed by atoms with E-state index in [1.165, 1.54) is 62.5 Å². The largest absolute Gasteiger partial charge is 0.480 e. The molecule has 0 N–H and O–H groups in total. The maximum Gasteiger partial charge on any atom is 0.480 e. The first kappa shape index (κ1) is 16.1. The van der Waals surface area contributed by atoms with Gasteiger partial charge in [-0.3, -0.25) is 8.22 Å². The Bertz CT molecular complexity index is 741. The van der Waals surface area contributed by atoms with E-state index in [0.29, 0.717) is 23.7 Å². The van der Waals surface area contributed by atoms with Gasteiger partial charge in [0, 0.05) is 0 Å². The minimum atomic E-state index is -4.47. The first-order chi connectivity index (χ1) is 13.1. The smallest absolute Gasteiger partial charge is 0.260 e. The zero-order valence-corrected chi connectivity index (χ0v) is 17.2. The molecule has 0 amide bonds. The fourth-order valence-corrected chi connectivity index (χ4v) is 12.0. The van der Waals surface area contributed by atoms with E-state index in [-0.39, 0.29) is 11.8 Å². The van der Waals surface area contributed by atoms with Crippen molar-refractivity contribution < 1.29 is 8.22 Å². The lowest BCUT2D eigenvalue weighted by Crippen LogP contribution is -2.45. The zero-order valence-electron chi connectivity index (χ0n) is 16.2. The Balaban J connectivity index is 1.59. The van der Waals surface area contributed by atoms with E-state index in [4.69, 9.17) is 0 Å². The van der Waals surface area contributed by atoms with Crippen LogP contribution in [0.2, 0.25) is 0 Å². The summed E-state index contributed by atoms with van der Waals surface area (Å²) in [6, 6.07) is 0. The lowest BCUT2D eigenvalue weighted by molar-refractivity contribution is 0.260. The summed E-state index contributed by atoms with van der Waals surface area (Å²) in [6.45, 7) is 0. The van der Waals surface area contributed by atoms with Crippen LogP contribution in [-0.4, -0.2) is 8.74 Å². The van der Waals surface area contributed by atoms with E-state index < -0.39 is 8.74 Å². The van der Waals surface area contributed by atoms with Crippen molar-refractivity contribution in [3.05, 3.63) is 32.7 Å². The lowest BCUT2D eigenvalue weighted by Gasteiger charge is -2.48. The quantitative estimate of drug-likeness (QED) is 0.318. The molecule has 0 spiro atoms. The van der Waals surface area contributed by atoms with E-state index >= 15 is 8.22 Å². The molecule has 0 nitrogen and oxygen atoms in total. The normalized spacial score (nSPS) is 46.4. The maximum absolute atomic E-state index is 16.6. The van der Waals surface area contributed by atoms with Crippen LogP contribution in [0.5, 0.6) is 0 Å². The molecule has 1 aliphatic heterocycles. The van der Waals surface area contributed by atoms with Crippen molar-refractivity contribution in [1.82, 2.24) is 0 Å². The molecular formula is C24H30F2Si. The van der Waals surface area contributed by atoms with Gasteiger partial charge in [0.25, 0.3) is 0 Å². The monoisotopic (exact) mass is 384 g/mol. The molecule has 0 radical (unpaired) electrons. The van der Waals surface area contributed by atoms with E-state index in [1.54, 1.807) is 11.1 Å². The summed E-state index contributed by atoms with van der Waals surface area (Å²) in [5.41, 5.74) is 5.69. The molecule has 3 heteroatoms.